The maximum Gasteiger partial charge on any atom is 0.269 e. The van der Waals surface area contributed by atoms with Crippen LogP contribution < -0.4 is 5.32 Å². The number of aromatic nitrogens is 3. The van der Waals surface area contributed by atoms with Crippen molar-refractivity contribution in [2.45, 2.75) is 44.7 Å². The number of nitrogens with one attached hydrogen (secondary N) is 1. The lowest BCUT2D eigenvalue weighted by Gasteiger charge is -2.43. The predicted molar refractivity (Wildman–Crippen MR) is 97.3 cm³/mol. The Morgan fingerprint density at radius 1 is 1.32 bits per heavy atom. The van der Waals surface area contributed by atoms with Crippen LogP contribution in [0.5, 0.6) is 0 Å². The quantitative estimate of drug-likeness (QED) is 0.904. The maximum atomic E-state index is 12.8. The van der Waals surface area contributed by atoms with E-state index in [0.717, 1.165) is 38.0 Å². The van der Waals surface area contributed by atoms with E-state index in [0.29, 0.717) is 11.7 Å². The highest BCUT2D eigenvalue weighted by Gasteiger charge is 2.37. The van der Waals surface area contributed by atoms with Gasteiger partial charge in [0, 0.05) is 50.0 Å². The number of imidazole rings is 1. The first-order valence-corrected chi connectivity index (χ1v) is 8.92. The van der Waals surface area contributed by atoms with Crippen molar-refractivity contribution in [2.75, 3.05) is 13.1 Å². The standard InChI is InChI=1S/C19H27N5O/c1-15(2)24-10-7-19(8-11-24,12-16-6-4-5-9-21-16)22-18(25)17-13-20-14-23(17)3/h4-6,9,13-15H,7-8,10-12H2,1-3H3,(H,22,25). The minimum Gasteiger partial charge on any atom is -0.345 e. The van der Waals surface area contributed by atoms with Gasteiger partial charge in [0.2, 0.25) is 0 Å². The summed E-state index contributed by atoms with van der Waals surface area (Å²) in [7, 11) is 1.84. The molecule has 25 heavy (non-hydrogen) atoms. The molecular weight excluding hydrogens is 314 g/mol. The fourth-order valence-electron chi connectivity index (χ4n) is 3.54. The van der Waals surface area contributed by atoms with E-state index in [1.807, 2.05) is 31.4 Å². The van der Waals surface area contributed by atoms with Gasteiger partial charge < -0.3 is 14.8 Å². The minimum atomic E-state index is -0.263. The van der Waals surface area contributed by atoms with Crippen molar-refractivity contribution >= 4 is 5.91 Å². The Morgan fingerprint density at radius 3 is 2.64 bits per heavy atom. The molecule has 6 heteroatoms. The monoisotopic (exact) mass is 341 g/mol. The molecule has 6 nitrogen and oxygen atoms in total. The molecule has 0 unspecified atom stereocenters. The van der Waals surface area contributed by atoms with Gasteiger partial charge in [0.05, 0.1) is 12.5 Å². The first-order chi connectivity index (χ1) is 12.0. The van der Waals surface area contributed by atoms with Crippen molar-refractivity contribution < 1.29 is 4.79 Å². The number of rotatable bonds is 5. The zero-order valence-corrected chi connectivity index (χ0v) is 15.3. The van der Waals surface area contributed by atoms with Crippen molar-refractivity contribution in [3.8, 4) is 0 Å². The van der Waals surface area contributed by atoms with E-state index in [4.69, 9.17) is 0 Å². The van der Waals surface area contributed by atoms with Crippen LogP contribution in [-0.2, 0) is 13.5 Å². The highest BCUT2D eigenvalue weighted by Crippen LogP contribution is 2.27. The Hall–Kier alpha value is -2.21. The molecule has 0 bridgehead atoms. The third-order valence-electron chi connectivity index (χ3n) is 5.16. The van der Waals surface area contributed by atoms with Crippen molar-refractivity contribution in [3.63, 3.8) is 0 Å². The molecule has 2 aromatic heterocycles. The molecule has 0 spiro atoms. The lowest BCUT2D eigenvalue weighted by Crippen LogP contribution is -2.57. The molecule has 1 saturated heterocycles. The first kappa shape index (κ1) is 17.6. The van der Waals surface area contributed by atoms with Gasteiger partial charge in [-0.25, -0.2) is 4.98 Å². The summed E-state index contributed by atoms with van der Waals surface area (Å²) in [5.74, 6) is -0.0612. The van der Waals surface area contributed by atoms with Crippen molar-refractivity contribution in [1.82, 2.24) is 24.8 Å². The second-order valence-electron chi connectivity index (χ2n) is 7.25. The number of hydrogen-bond acceptors (Lipinski definition) is 4. The molecule has 0 aromatic carbocycles. The van der Waals surface area contributed by atoms with E-state index in [1.54, 1.807) is 17.1 Å². The lowest BCUT2D eigenvalue weighted by molar-refractivity contribution is 0.0757. The number of hydrogen-bond donors (Lipinski definition) is 1. The molecule has 134 valence electrons. The SMILES string of the molecule is CC(C)N1CCC(Cc2ccccn2)(NC(=O)c2cncn2C)CC1. The van der Waals surface area contributed by atoms with Crippen LogP contribution in [0.3, 0.4) is 0 Å². The van der Waals surface area contributed by atoms with Gasteiger partial charge in [0.15, 0.2) is 0 Å². The van der Waals surface area contributed by atoms with E-state index < -0.39 is 0 Å². The molecular formula is C19H27N5O. The summed E-state index contributed by atoms with van der Waals surface area (Å²) < 4.78 is 1.76. The summed E-state index contributed by atoms with van der Waals surface area (Å²) in [6, 6.07) is 6.49. The number of likely N-dealkylation sites (tertiary alicyclic amines) is 1. The van der Waals surface area contributed by atoms with E-state index in [-0.39, 0.29) is 11.4 Å². The van der Waals surface area contributed by atoms with E-state index in [1.165, 1.54) is 0 Å². The molecule has 2 aromatic rings. The van der Waals surface area contributed by atoms with Crippen LogP contribution in [0.1, 0.15) is 42.9 Å². The van der Waals surface area contributed by atoms with Crippen LogP contribution in [0.25, 0.3) is 0 Å². The highest BCUT2D eigenvalue weighted by atomic mass is 16.2. The molecule has 0 atom stereocenters. The van der Waals surface area contributed by atoms with Crippen LogP contribution in [0.15, 0.2) is 36.9 Å². The summed E-state index contributed by atoms with van der Waals surface area (Å²) in [4.78, 5) is 23.8. The molecule has 1 aliphatic rings. The zero-order valence-electron chi connectivity index (χ0n) is 15.3. The molecule has 1 aliphatic heterocycles. The third-order valence-corrected chi connectivity index (χ3v) is 5.16. The smallest absolute Gasteiger partial charge is 0.269 e. The molecule has 3 rings (SSSR count). The molecule has 1 amide bonds. The average molecular weight is 341 g/mol. The number of carbonyl (C=O) groups is 1. The molecule has 0 aliphatic carbocycles. The van der Waals surface area contributed by atoms with Crippen LogP contribution >= 0.6 is 0 Å². The van der Waals surface area contributed by atoms with E-state index in [2.05, 4.69) is 34.0 Å². The summed E-state index contributed by atoms with van der Waals surface area (Å²) in [6.07, 6.45) is 7.68. The molecule has 1 N–H and O–H groups in total. The zero-order chi connectivity index (χ0) is 17.9. The summed E-state index contributed by atoms with van der Waals surface area (Å²) in [5, 5.41) is 3.32. The normalized spacial score (nSPS) is 17.6. The van der Waals surface area contributed by atoms with E-state index in [9.17, 15) is 4.79 Å². The second-order valence-corrected chi connectivity index (χ2v) is 7.25. The van der Waals surface area contributed by atoms with Gasteiger partial charge in [0.25, 0.3) is 5.91 Å². The Bertz CT molecular complexity index is 702. The number of pyridine rings is 1. The van der Waals surface area contributed by atoms with Gasteiger partial charge in [-0.2, -0.15) is 0 Å². The largest absolute Gasteiger partial charge is 0.345 e. The van der Waals surface area contributed by atoms with Gasteiger partial charge in [-0.05, 0) is 38.8 Å². The number of aryl methyl sites for hydroxylation is 1. The van der Waals surface area contributed by atoms with Crippen LogP contribution in [0.2, 0.25) is 0 Å². The Balaban J connectivity index is 1.80. The summed E-state index contributed by atoms with van der Waals surface area (Å²) >= 11 is 0. The first-order valence-electron chi connectivity index (χ1n) is 8.92. The van der Waals surface area contributed by atoms with Gasteiger partial charge in [0.1, 0.15) is 5.69 Å². The summed E-state index contributed by atoms with van der Waals surface area (Å²) in [5.41, 5.74) is 1.35. The van der Waals surface area contributed by atoms with Gasteiger partial charge in [-0.15, -0.1) is 0 Å². The fourth-order valence-corrected chi connectivity index (χ4v) is 3.54. The van der Waals surface area contributed by atoms with Crippen molar-refractivity contribution in [1.29, 1.82) is 0 Å². The minimum absolute atomic E-state index is 0.0612. The van der Waals surface area contributed by atoms with Crippen molar-refractivity contribution in [3.05, 3.63) is 48.3 Å². The van der Waals surface area contributed by atoms with Crippen LogP contribution in [0, 0.1) is 0 Å². The van der Waals surface area contributed by atoms with Gasteiger partial charge in [-0.3, -0.25) is 9.78 Å². The third kappa shape index (κ3) is 4.07. The molecule has 3 heterocycles. The molecule has 0 radical (unpaired) electrons. The van der Waals surface area contributed by atoms with Crippen LogP contribution in [0.4, 0.5) is 0 Å². The predicted octanol–water partition coefficient (Wildman–Crippen LogP) is 2.03. The van der Waals surface area contributed by atoms with Gasteiger partial charge in [-0.1, -0.05) is 6.07 Å². The molecule has 1 fully saturated rings. The second kappa shape index (κ2) is 7.35. The topological polar surface area (TPSA) is 63.1 Å². The Kier molecular flexibility index (Phi) is 5.18. The lowest BCUT2D eigenvalue weighted by atomic mass is 9.82. The Labute approximate surface area is 149 Å². The number of nitrogens with zero attached hydrogens (tertiary/aromatic N) is 4. The summed E-state index contributed by atoms with van der Waals surface area (Å²) in [6.45, 7) is 6.41. The van der Waals surface area contributed by atoms with Crippen LogP contribution in [-0.4, -0.2) is 50.0 Å². The number of carbonyl (C=O) groups excluding carboxylic acids is 1. The number of piperidine rings is 1. The molecule has 0 saturated carbocycles. The fraction of sp³-hybridized carbons (Fsp3) is 0.526. The highest BCUT2D eigenvalue weighted by molar-refractivity contribution is 5.92. The van der Waals surface area contributed by atoms with E-state index >= 15 is 0 Å². The average Bonchev–Trinajstić information content (AvgIpc) is 3.02. The maximum absolute atomic E-state index is 12.8. The van der Waals surface area contributed by atoms with Crippen molar-refractivity contribution in [2.24, 2.45) is 7.05 Å². The van der Waals surface area contributed by atoms with Gasteiger partial charge >= 0.3 is 0 Å². The number of amides is 1. The Morgan fingerprint density at radius 2 is 2.08 bits per heavy atom.